The van der Waals surface area contributed by atoms with Gasteiger partial charge in [-0.2, -0.15) is 0 Å². The van der Waals surface area contributed by atoms with Crippen LogP contribution < -0.4 is 10.5 Å². The van der Waals surface area contributed by atoms with Gasteiger partial charge in [0.2, 0.25) is 10.0 Å². The van der Waals surface area contributed by atoms with Crippen molar-refractivity contribution in [3.63, 3.8) is 0 Å². The van der Waals surface area contributed by atoms with Crippen LogP contribution in [0.2, 0.25) is 0 Å². The van der Waals surface area contributed by atoms with E-state index in [-0.39, 0.29) is 17.7 Å². The Bertz CT molecular complexity index is 237. The first-order chi connectivity index (χ1) is 6.37. The maximum Gasteiger partial charge on any atom is 0.211 e. The van der Waals surface area contributed by atoms with Crippen molar-refractivity contribution in [3.8, 4) is 0 Å². The van der Waals surface area contributed by atoms with Crippen LogP contribution in [0.3, 0.4) is 0 Å². The van der Waals surface area contributed by atoms with Gasteiger partial charge in [-0.1, -0.05) is 27.2 Å². The quantitative estimate of drug-likeness (QED) is 0.665. The van der Waals surface area contributed by atoms with E-state index in [1.807, 2.05) is 20.8 Å². The van der Waals surface area contributed by atoms with Crippen LogP contribution in [0.5, 0.6) is 0 Å². The summed E-state index contributed by atoms with van der Waals surface area (Å²) < 4.78 is 25.3. The van der Waals surface area contributed by atoms with E-state index in [9.17, 15) is 8.42 Å². The Morgan fingerprint density at radius 2 is 1.93 bits per heavy atom. The van der Waals surface area contributed by atoms with Crippen LogP contribution in [-0.4, -0.2) is 26.8 Å². The molecule has 0 aromatic carbocycles. The molecular formula is C9H22N2O2S. The summed E-state index contributed by atoms with van der Waals surface area (Å²) in [5, 5.41) is 0. The molecule has 0 spiro atoms. The smallest absolute Gasteiger partial charge is 0.211 e. The summed E-state index contributed by atoms with van der Waals surface area (Å²) in [4.78, 5) is 0. The molecule has 0 heterocycles. The molecule has 0 saturated carbocycles. The predicted octanol–water partition coefficient (Wildman–Crippen LogP) is 0.689. The van der Waals surface area contributed by atoms with Crippen molar-refractivity contribution < 1.29 is 8.42 Å². The van der Waals surface area contributed by atoms with E-state index in [0.717, 1.165) is 12.8 Å². The van der Waals surface area contributed by atoms with Gasteiger partial charge in [-0.3, -0.25) is 0 Å². The summed E-state index contributed by atoms with van der Waals surface area (Å²) in [6, 6.07) is -0.0677. The largest absolute Gasteiger partial charge is 0.327 e. The first kappa shape index (κ1) is 13.9. The maximum absolute atomic E-state index is 11.4. The van der Waals surface area contributed by atoms with Crippen molar-refractivity contribution in [1.29, 1.82) is 0 Å². The van der Waals surface area contributed by atoms with Crippen molar-refractivity contribution in [2.75, 3.05) is 12.3 Å². The lowest BCUT2D eigenvalue weighted by molar-refractivity contribution is 0.544. The lowest BCUT2D eigenvalue weighted by Crippen LogP contribution is -2.38. The Morgan fingerprint density at radius 3 is 2.36 bits per heavy atom. The average Bonchev–Trinajstić information content (AvgIpc) is 1.99. The van der Waals surface area contributed by atoms with Gasteiger partial charge in [0.1, 0.15) is 0 Å². The van der Waals surface area contributed by atoms with Crippen LogP contribution >= 0.6 is 0 Å². The summed E-state index contributed by atoms with van der Waals surface area (Å²) in [5.41, 5.74) is 5.70. The highest BCUT2D eigenvalue weighted by Crippen LogP contribution is 1.98. The summed E-state index contributed by atoms with van der Waals surface area (Å²) in [6.07, 6.45) is 1.83. The van der Waals surface area contributed by atoms with Gasteiger partial charge in [-0.25, -0.2) is 13.1 Å². The summed E-state index contributed by atoms with van der Waals surface area (Å²) >= 11 is 0. The molecule has 0 aromatic rings. The number of nitrogens with two attached hydrogens (primary N) is 1. The highest BCUT2D eigenvalue weighted by atomic mass is 32.2. The maximum atomic E-state index is 11.4. The first-order valence-corrected chi connectivity index (χ1v) is 6.75. The molecular weight excluding hydrogens is 200 g/mol. The van der Waals surface area contributed by atoms with Gasteiger partial charge in [0.05, 0.1) is 5.75 Å². The van der Waals surface area contributed by atoms with Crippen molar-refractivity contribution in [3.05, 3.63) is 0 Å². The van der Waals surface area contributed by atoms with Crippen LogP contribution in [0.1, 0.15) is 33.6 Å². The third kappa shape index (κ3) is 7.29. The van der Waals surface area contributed by atoms with Crippen LogP contribution in [0.4, 0.5) is 0 Å². The van der Waals surface area contributed by atoms with Crippen molar-refractivity contribution >= 4 is 10.0 Å². The van der Waals surface area contributed by atoms with Gasteiger partial charge in [0.15, 0.2) is 0 Å². The van der Waals surface area contributed by atoms with Crippen LogP contribution in [0.25, 0.3) is 0 Å². The standard InChI is InChI=1S/C9H22N2O2S/c1-4-5-9(10)6-11-14(12,13)7-8(2)3/h8-9,11H,4-7,10H2,1-3H3. The molecule has 0 aliphatic heterocycles. The van der Waals surface area contributed by atoms with E-state index in [1.54, 1.807) is 0 Å². The Morgan fingerprint density at radius 1 is 1.36 bits per heavy atom. The molecule has 1 atom stereocenters. The zero-order valence-electron chi connectivity index (χ0n) is 9.29. The van der Waals surface area contributed by atoms with Gasteiger partial charge in [-0.05, 0) is 12.3 Å². The number of hydrogen-bond donors (Lipinski definition) is 2. The third-order valence-corrected chi connectivity index (χ3v) is 3.49. The number of hydrogen-bond acceptors (Lipinski definition) is 3. The average molecular weight is 222 g/mol. The van der Waals surface area contributed by atoms with Crippen molar-refractivity contribution in [2.45, 2.75) is 39.7 Å². The van der Waals surface area contributed by atoms with Gasteiger partial charge < -0.3 is 5.73 Å². The molecule has 0 amide bonds. The van der Waals surface area contributed by atoms with E-state index in [1.165, 1.54) is 0 Å². The zero-order valence-corrected chi connectivity index (χ0v) is 10.1. The van der Waals surface area contributed by atoms with E-state index < -0.39 is 10.0 Å². The number of rotatable bonds is 7. The molecule has 3 N–H and O–H groups in total. The molecule has 5 heteroatoms. The highest BCUT2D eigenvalue weighted by molar-refractivity contribution is 7.89. The molecule has 0 rings (SSSR count). The minimum atomic E-state index is -3.12. The molecule has 0 aliphatic carbocycles. The monoisotopic (exact) mass is 222 g/mol. The van der Waals surface area contributed by atoms with E-state index in [2.05, 4.69) is 4.72 Å². The fourth-order valence-electron chi connectivity index (χ4n) is 1.20. The number of sulfonamides is 1. The number of nitrogens with one attached hydrogen (secondary N) is 1. The second kappa shape index (κ2) is 6.37. The van der Waals surface area contributed by atoms with Crippen molar-refractivity contribution in [1.82, 2.24) is 4.72 Å². The Hall–Kier alpha value is -0.130. The molecule has 0 saturated heterocycles. The predicted molar refractivity (Wildman–Crippen MR) is 59.5 cm³/mol. The fraction of sp³-hybridized carbons (Fsp3) is 1.00. The van der Waals surface area contributed by atoms with Crippen LogP contribution in [0, 0.1) is 5.92 Å². The Balaban J connectivity index is 3.87. The van der Waals surface area contributed by atoms with Gasteiger partial charge >= 0.3 is 0 Å². The van der Waals surface area contributed by atoms with Crippen LogP contribution in [0.15, 0.2) is 0 Å². The molecule has 0 bridgehead atoms. The third-order valence-electron chi connectivity index (χ3n) is 1.78. The minimum absolute atomic E-state index is 0.0677. The SMILES string of the molecule is CCCC(N)CNS(=O)(=O)CC(C)C. The lowest BCUT2D eigenvalue weighted by Gasteiger charge is -2.12. The topological polar surface area (TPSA) is 72.2 Å². The van der Waals surface area contributed by atoms with Crippen molar-refractivity contribution in [2.24, 2.45) is 11.7 Å². The highest BCUT2D eigenvalue weighted by Gasteiger charge is 2.13. The van der Waals surface area contributed by atoms with E-state index >= 15 is 0 Å². The molecule has 0 aromatic heterocycles. The molecule has 0 radical (unpaired) electrons. The molecule has 14 heavy (non-hydrogen) atoms. The van der Waals surface area contributed by atoms with Gasteiger partial charge in [0, 0.05) is 12.6 Å². The summed E-state index contributed by atoms with van der Waals surface area (Å²) in [5.74, 6) is 0.321. The second-order valence-corrected chi connectivity index (χ2v) is 5.92. The lowest BCUT2D eigenvalue weighted by atomic mass is 10.2. The van der Waals surface area contributed by atoms with Gasteiger partial charge in [0.25, 0.3) is 0 Å². The van der Waals surface area contributed by atoms with E-state index in [0.29, 0.717) is 6.54 Å². The first-order valence-electron chi connectivity index (χ1n) is 5.10. The Kier molecular flexibility index (Phi) is 6.31. The van der Waals surface area contributed by atoms with Gasteiger partial charge in [-0.15, -0.1) is 0 Å². The zero-order chi connectivity index (χ0) is 11.2. The molecule has 0 fully saturated rings. The fourth-order valence-corrected chi connectivity index (χ4v) is 2.67. The Labute approximate surface area is 87.3 Å². The van der Waals surface area contributed by atoms with E-state index in [4.69, 9.17) is 5.73 Å². The normalized spacial score (nSPS) is 14.6. The summed E-state index contributed by atoms with van der Waals surface area (Å²) in [6.45, 7) is 6.14. The summed E-state index contributed by atoms with van der Waals surface area (Å²) in [7, 11) is -3.12. The molecule has 0 aliphatic rings. The second-order valence-electron chi connectivity index (χ2n) is 4.07. The molecule has 86 valence electrons. The molecule has 4 nitrogen and oxygen atoms in total. The molecule has 1 unspecified atom stereocenters. The minimum Gasteiger partial charge on any atom is -0.327 e. The van der Waals surface area contributed by atoms with Crippen LogP contribution in [-0.2, 0) is 10.0 Å².